The minimum absolute atomic E-state index is 0.0325. The molecular formula is C11H18N4O2. The summed E-state index contributed by atoms with van der Waals surface area (Å²) >= 11 is 0. The summed E-state index contributed by atoms with van der Waals surface area (Å²) in [7, 11) is 1.71. The Balaban J connectivity index is 1.78. The molecule has 1 aliphatic rings. The van der Waals surface area contributed by atoms with Crippen LogP contribution >= 0.6 is 0 Å². The molecule has 0 aromatic carbocycles. The molecule has 1 heterocycles. The second-order valence-corrected chi connectivity index (χ2v) is 4.37. The van der Waals surface area contributed by atoms with Crippen molar-refractivity contribution in [3.8, 4) is 0 Å². The van der Waals surface area contributed by atoms with Crippen LogP contribution in [0.15, 0.2) is 12.3 Å². The molecular weight excluding hydrogens is 220 g/mol. The maximum absolute atomic E-state index is 11.7. The zero-order valence-electron chi connectivity index (χ0n) is 9.93. The number of nitrogens with two attached hydrogens (primary N) is 1. The van der Waals surface area contributed by atoms with E-state index in [0.29, 0.717) is 5.82 Å². The topological polar surface area (TPSA) is 82.2 Å². The van der Waals surface area contributed by atoms with Crippen molar-refractivity contribution in [1.29, 1.82) is 0 Å². The van der Waals surface area contributed by atoms with Crippen LogP contribution in [0, 0.1) is 0 Å². The lowest BCUT2D eigenvalue weighted by Crippen LogP contribution is -2.35. The highest BCUT2D eigenvalue weighted by Gasteiger charge is 2.25. The number of methoxy groups -OCH3 is 1. The lowest BCUT2D eigenvalue weighted by atomic mass is 10.2. The largest absolute Gasteiger partial charge is 0.382 e. The molecule has 2 rings (SSSR count). The van der Waals surface area contributed by atoms with Crippen LogP contribution in [-0.2, 0) is 16.1 Å². The molecule has 0 radical (unpaired) electrons. The average molecular weight is 238 g/mol. The number of nitrogen functional groups attached to an aromatic ring is 1. The van der Waals surface area contributed by atoms with Gasteiger partial charge in [0.05, 0.1) is 6.10 Å². The lowest BCUT2D eigenvalue weighted by molar-refractivity contribution is -0.122. The van der Waals surface area contributed by atoms with Gasteiger partial charge in [-0.2, -0.15) is 5.10 Å². The fourth-order valence-corrected chi connectivity index (χ4v) is 2.17. The first kappa shape index (κ1) is 11.9. The Morgan fingerprint density at radius 2 is 2.53 bits per heavy atom. The molecule has 1 fully saturated rings. The van der Waals surface area contributed by atoms with Crippen LogP contribution in [0.25, 0.3) is 0 Å². The van der Waals surface area contributed by atoms with Crippen molar-refractivity contribution in [3.05, 3.63) is 12.3 Å². The second-order valence-electron chi connectivity index (χ2n) is 4.37. The molecule has 0 aliphatic heterocycles. The van der Waals surface area contributed by atoms with Gasteiger partial charge >= 0.3 is 0 Å². The van der Waals surface area contributed by atoms with E-state index >= 15 is 0 Å². The number of hydrogen-bond donors (Lipinski definition) is 2. The van der Waals surface area contributed by atoms with Crippen LogP contribution in [0.5, 0.6) is 0 Å². The molecule has 1 saturated carbocycles. The molecule has 1 aromatic heterocycles. The Labute approximate surface area is 100 Å². The van der Waals surface area contributed by atoms with Crippen LogP contribution in [0.3, 0.4) is 0 Å². The highest BCUT2D eigenvalue weighted by atomic mass is 16.5. The summed E-state index contributed by atoms with van der Waals surface area (Å²) in [6.07, 6.45) is 4.85. The molecule has 1 aliphatic carbocycles. The number of carbonyl (C=O) groups is 1. The third-order valence-corrected chi connectivity index (χ3v) is 3.05. The van der Waals surface area contributed by atoms with Crippen LogP contribution in [-0.4, -0.2) is 34.9 Å². The fraction of sp³-hybridized carbons (Fsp3) is 0.636. The molecule has 6 nitrogen and oxygen atoms in total. The summed E-state index contributed by atoms with van der Waals surface area (Å²) in [4.78, 5) is 11.7. The summed E-state index contributed by atoms with van der Waals surface area (Å²) in [6, 6.07) is 1.89. The second kappa shape index (κ2) is 5.18. The Morgan fingerprint density at radius 1 is 1.71 bits per heavy atom. The summed E-state index contributed by atoms with van der Waals surface area (Å²) < 4.78 is 6.79. The van der Waals surface area contributed by atoms with E-state index in [1.54, 1.807) is 19.4 Å². The molecule has 0 saturated heterocycles. The Hall–Kier alpha value is -1.56. The quantitative estimate of drug-likeness (QED) is 0.782. The van der Waals surface area contributed by atoms with Crippen LogP contribution in [0.2, 0.25) is 0 Å². The van der Waals surface area contributed by atoms with Crippen LogP contribution < -0.4 is 11.1 Å². The van der Waals surface area contributed by atoms with E-state index in [-0.39, 0.29) is 24.6 Å². The molecule has 1 amide bonds. The predicted octanol–water partition coefficient (Wildman–Crippen LogP) is 0.149. The Kier molecular flexibility index (Phi) is 3.63. The third kappa shape index (κ3) is 3.20. The Bertz CT molecular complexity index is 391. The van der Waals surface area contributed by atoms with Gasteiger partial charge in [0, 0.05) is 19.3 Å². The fourth-order valence-electron chi connectivity index (χ4n) is 2.17. The molecule has 1 aromatic rings. The number of anilines is 1. The summed E-state index contributed by atoms with van der Waals surface area (Å²) in [6.45, 7) is 0.214. The number of hydrogen-bond acceptors (Lipinski definition) is 4. The summed E-state index contributed by atoms with van der Waals surface area (Å²) in [5.74, 6) is 0.396. The van der Waals surface area contributed by atoms with E-state index in [9.17, 15) is 4.79 Å². The number of amides is 1. The van der Waals surface area contributed by atoms with Crippen molar-refractivity contribution in [2.75, 3.05) is 12.8 Å². The maximum atomic E-state index is 11.7. The van der Waals surface area contributed by atoms with Gasteiger partial charge in [0.25, 0.3) is 0 Å². The van der Waals surface area contributed by atoms with E-state index < -0.39 is 0 Å². The first-order valence-corrected chi connectivity index (χ1v) is 5.78. The first-order chi connectivity index (χ1) is 8.17. The SMILES string of the molecule is COC1CCC(NC(=O)Cn2ccc(N)n2)C1. The zero-order chi connectivity index (χ0) is 12.3. The van der Waals surface area contributed by atoms with Crippen LogP contribution in [0.1, 0.15) is 19.3 Å². The van der Waals surface area contributed by atoms with Crippen molar-refractivity contribution in [1.82, 2.24) is 15.1 Å². The highest BCUT2D eigenvalue weighted by molar-refractivity contribution is 5.76. The standard InChI is InChI=1S/C11H18N4O2/c1-17-9-3-2-8(6-9)13-11(16)7-15-5-4-10(12)14-15/h4-5,8-9H,2-3,6-7H2,1H3,(H2,12,14)(H,13,16). The van der Waals surface area contributed by atoms with Crippen molar-refractivity contribution in [2.24, 2.45) is 0 Å². The first-order valence-electron chi connectivity index (χ1n) is 5.78. The number of aromatic nitrogens is 2. The molecule has 6 heteroatoms. The van der Waals surface area contributed by atoms with E-state index in [4.69, 9.17) is 10.5 Å². The molecule has 2 atom stereocenters. The van der Waals surface area contributed by atoms with Gasteiger partial charge in [-0.05, 0) is 25.3 Å². The van der Waals surface area contributed by atoms with Gasteiger partial charge < -0.3 is 15.8 Å². The van der Waals surface area contributed by atoms with Gasteiger partial charge in [-0.25, -0.2) is 0 Å². The summed E-state index contributed by atoms with van der Waals surface area (Å²) in [5.41, 5.74) is 5.47. The molecule has 2 unspecified atom stereocenters. The maximum Gasteiger partial charge on any atom is 0.241 e. The van der Waals surface area contributed by atoms with Gasteiger partial charge in [-0.15, -0.1) is 0 Å². The van der Waals surface area contributed by atoms with Gasteiger partial charge in [0.2, 0.25) is 5.91 Å². The lowest BCUT2D eigenvalue weighted by Gasteiger charge is -2.12. The van der Waals surface area contributed by atoms with E-state index in [1.807, 2.05) is 0 Å². The summed E-state index contributed by atoms with van der Waals surface area (Å²) in [5, 5.41) is 6.95. The monoisotopic (exact) mass is 238 g/mol. The Morgan fingerprint density at radius 3 is 3.12 bits per heavy atom. The van der Waals surface area contributed by atoms with E-state index in [0.717, 1.165) is 19.3 Å². The molecule has 17 heavy (non-hydrogen) atoms. The molecule has 0 bridgehead atoms. The van der Waals surface area contributed by atoms with Crippen molar-refractivity contribution in [3.63, 3.8) is 0 Å². The van der Waals surface area contributed by atoms with Gasteiger partial charge in [0.1, 0.15) is 12.4 Å². The average Bonchev–Trinajstić information content (AvgIpc) is 2.88. The van der Waals surface area contributed by atoms with Gasteiger partial charge in [-0.3, -0.25) is 9.48 Å². The number of nitrogens with one attached hydrogen (secondary N) is 1. The van der Waals surface area contributed by atoms with Crippen molar-refractivity contribution < 1.29 is 9.53 Å². The van der Waals surface area contributed by atoms with Crippen LogP contribution in [0.4, 0.5) is 5.82 Å². The van der Waals surface area contributed by atoms with Crippen molar-refractivity contribution in [2.45, 2.75) is 38.0 Å². The third-order valence-electron chi connectivity index (χ3n) is 3.05. The number of carbonyl (C=O) groups excluding carboxylic acids is 1. The normalized spacial score (nSPS) is 23.8. The zero-order valence-corrected chi connectivity index (χ0v) is 9.93. The molecule has 0 spiro atoms. The van der Waals surface area contributed by atoms with Crippen molar-refractivity contribution >= 4 is 11.7 Å². The van der Waals surface area contributed by atoms with E-state index in [2.05, 4.69) is 10.4 Å². The van der Waals surface area contributed by atoms with E-state index in [1.165, 1.54) is 4.68 Å². The minimum Gasteiger partial charge on any atom is -0.382 e. The number of ether oxygens (including phenoxy) is 1. The number of nitrogens with zero attached hydrogens (tertiary/aromatic N) is 2. The molecule has 3 N–H and O–H groups in total. The number of rotatable bonds is 4. The highest BCUT2D eigenvalue weighted by Crippen LogP contribution is 2.21. The minimum atomic E-state index is -0.0325. The smallest absolute Gasteiger partial charge is 0.241 e. The van der Waals surface area contributed by atoms with Gasteiger partial charge in [-0.1, -0.05) is 0 Å². The van der Waals surface area contributed by atoms with Gasteiger partial charge in [0.15, 0.2) is 0 Å². The predicted molar refractivity (Wildman–Crippen MR) is 63.2 cm³/mol. The molecule has 94 valence electrons.